The molecule has 1 nitrogen and oxygen atoms in total. The fourth-order valence-corrected chi connectivity index (χ4v) is 0. The van der Waals surface area contributed by atoms with Crippen molar-refractivity contribution in [2.24, 2.45) is 0 Å². The second-order valence-electron chi connectivity index (χ2n) is 0. The summed E-state index contributed by atoms with van der Waals surface area (Å²) < 4.78 is 0. The van der Waals surface area contributed by atoms with E-state index < -0.39 is 0 Å². The molecular formula is H2CrMoOPb. The molecule has 0 aromatic heterocycles. The summed E-state index contributed by atoms with van der Waals surface area (Å²) in [5.41, 5.74) is 0. The first-order chi connectivity index (χ1) is 0. The summed E-state index contributed by atoms with van der Waals surface area (Å²) in [6.07, 6.45) is 0. The molecule has 0 saturated carbocycles. The molecule has 0 spiro atoms. The molecule has 0 heterocycles. The minimum Gasteiger partial charge on any atom is -0.412 e. The van der Waals surface area contributed by atoms with Gasteiger partial charge in [0.05, 0.1) is 0 Å². The molecule has 0 saturated heterocycles. The number of hydrogen-bond acceptors (Lipinski definition) is 0. The summed E-state index contributed by atoms with van der Waals surface area (Å²) in [7, 11) is 0. The van der Waals surface area contributed by atoms with Crippen molar-refractivity contribution in [1.82, 2.24) is 0 Å². The van der Waals surface area contributed by atoms with E-state index in [0.717, 1.165) is 0 Å². The molecule has 0 aliphatic rings. The van der Waals surface area contributed by atoms with Gasteiger partial charge in [0, 0.05) is 65.7 Å². The quantitative estimate of drug-likeness (QED) is 0.478. The van der Waals surface area contributed by atoms with Crippen LogP contribution in [0.15, 0.2) is 0 Å². The van der Waals surface area contributed by atoms with Crippen LogP contribution in [-0.4, -0.2) is 32.8 Å². The number of rotatable bonds is 0. The second-order valence-corrected chi connectivity index (χ2v) is 0. The Balaban J connectivity index is 0. The molecular weight excluding hydrogens is 371 g/mol. The molecule has 0 unspecified atom stereocenters. The first-order valence-electron chi connectivity index (χ1n) is 0. The second kappa shape index (κ2) is 19.4. The Bertz CT molecular complexity index is 8.00. The Morgan fingerprint density at radius 3 is 1.00 bits per heavy atom. The van der Waals surface area contributed by atoms with Crippen LogP contribution in [-0.2, 0) is 38.4 Å². The molecule has 0 aliphatic carbocycles. The summed E-state index contributed by atoms with van der Waals surface area (Å²) >= 11 is 0. The molecule has 24 valence electrons. The summed E-state index contributed by atoms with van der Waals surface area (Å²) in [5, 5.41) is 0. The monoisotopic (exact) mass is 376 g/mol. The van der Waals surface area contributed by atoms with Gasteiger partial charge in [-0.1, -0.05) is 0 Å². The third-order valence-corrected chi connectivity index (χ3v) is 0. The Hall–Kier alpha value is 2.10. The average Bonchev–Trinajstić information content (AvgIpc) is 0. The van der Waals surface area contributed by atoms with Crippen molar-refractivity contribution in [3.63, 3.8) is 0 Å². The van der Waals surface area contributed by atoms with Crippen molar-refractivity contribution in [2.75, 3.05) is 0 Å². The predicted molar refractivity (Wildman–Crippen MR) is 9.37 cm³/mol. The summed E-state index contributed by atoms with van der Waals surface area (Å²) in [6.45, 7) is 0. The third kappa shape index (κ3) is 8.93. The third-order valence-electron chi connectivity index (χ3n) is 0. The maximum atomic E-state index is 0. The van der Waals surface area contributed by atoms with Gasteiger partial charge in [0.25, 0.3) is 0 Å². The summed E-state index contributed by atoms with van der Waals surface area (Å²) in [4.78, 5) is 0. The van der Waals surface area contributed by atoms with Crippen LogP contribution < -0.4 is 0 Å². The Kier molecular flexibility index (Phi) is 175. The van der Waals surface area contributed by atoms with Crippen LogP contribution in [0, 0.1) is 0 Å². The van der Waals surface area contributed by atoms with E-state index in [2.05, 4.69) is 0 Å². The minimum absolute atomic E-state index is 0. The van der Waals surface area contributed by atoms with Crippen LogP contribution in [0.2, 0.25) is 0 Å². The van der Waals surface area contributed by atoms with Crippen molar-refractivity contribution in [3.8, 4) is 0 Å². The largest absolute Gasteiger partial charge is 0.412 e. The van der Waals surface area contributed by atoms with Crippen molar-refractivity contribution in [2.45, 2.75) is 0 Å². The van der Waals surface area contributed by atoms with E-state index in [9.17, 15) is 0 Å². The Morgan fingerprint density at radius 2 is 1.00 bits per heavy atom. The van der Waals surface area contributed by atoms with Gasteiger partial charge >= 0.3 is 0 Å². The Morgan fingerprint density at radius 1 is 1.00 bits per heavy atom. The first-order valence-corrected chi connectivity index (χ1v) is 0. The Labute approximate surface area is 70.4 Å². The summed E-state index contributed by atoms with van der Waals surface area (Å²) in [6, 6.07) is 0. The molecule has 4 radical (unpaired) electrons. The van der Waals surface area contributed by atoms with Crippen LogP contribution in [0.4, 0.5) is 0 Å². The van der Waals surface area contributed by atoms with E-state index >= 15 is 0 Å². The van der Waals surface area contributed by atoms with Crippen molar-refractivity contribution >= 4 is 27.3 Å². The average molecular weight is 373 g/mol. The van der Waals surface area contributed by atoms with Crippen LogP contribution in [0.3, 0.4) is 0 Å². The molecule has 4 heteroatoms. The number of hydrogen-bond donors (Lipinski definition) is 0. The van der Waals surface area contributed by atoms with Crippen molar-refractivity contribution < 1.29 is 43.9 Å². The smallest absolute Gasteiger partial charge is 0 e. The molecule has 0 bridgehead atoms. The van der Waals surface area contributed by atoms with Gasteiger partial charge in [-0.3, -0.25) is 0 Å². The molecule has 0 aliphatic heterocycles. The van der Waals surface area contributed by atoms with Gasteiger partial charge in [-0.05, 0) is 0 Å². The van der Waals surface area contributed by atoms with Crippen molar-refractivity contribution in [3.05, 3.63) is 0 Å². The zero-order valence-corrected chi connectivity index (χ0v) is 8.99. The molecule has 0 atom stereocenters. The SMILES string of the molecule is O.[Cr].[Mo].[Pb]. The van der Waals surface area contributed by atoms with E-state index in [1.807, 2.05) is 0 Å². The van der Waals surface area contributed by atoms with E-state index in [-0.39, 0.29) is 71.2 Å². The maximum Gasteiger partial charge on any atom is 0 e. The normalized spacial score (nSPS) is 0. The molecule has 4 heavy (non-hydrogen) atoms. The van der Waals surface area contributed by atoms with Gasteiger partial charge in [-0.25, -0.2) is 0 Å². The van der Waals surface area contributed by atoms with E-state index in [0.29, 0.717) is 0 Å². The van der Waals surface area contributed by atoms with Crippen LogP contribution in [0.5, 0.6) is 0 Å². The molecule has 2 N–H and O–H groups in total. The van der Waals surface area contributed by atoms with E-state index in [1.165, 1.54) is 0 Å². The van der Waals surface area contributed by atoms with Gasteiger partial charge in [0.1, 0.15) is 0 Å². The standard InChI is InChI=1S/Cr.Mo.H2O.Pb/h;;1H2;. The van der Waals surface area contributed by atoms with Gasteiger partial charge in [-0.15, -0.1) is 0 Å². The van der Waals surface area contributed by atoms with E-state index in [4.69, 9.17) is 0 Å². The van der Waals surface area contributed by atoms with Gasteiger partial charge in [0.2, 0.25) is 0 Å². The van der Waals surface area contributed by atoms with Crippen LogP contribution in [0.1, 0.15) is 0 Å². The fraction of sp³-hybridized carbons (Fsp3) is 0. The molecule has 0 rings (SSSR count). The maximum absolute atomic E-state index is 0. The van der Waals surface area contributed by atoms with Crippen LogP contribution >= 0.6 is 0 Å². The fourth-order valence-electron chi connectivity index (χ4n) is 0. The van der Waals surface area contributed by atoms with Gasteiger partial charge in [0.15, 0.2) is 0 Å². The van der Waals surface area contributed by atoms with Crippen LogP contribution in [0.25, 0.3) is 0 Å². The topological polar surface area (TPSA) is 31.5 Å². The summed E-state index contributed by atoms with van der Waals surface area (Å²) in [5.74, 6) is 0. The van der Waals surface area contributed by atoms with Gasteiger partial charge < -0.3 is 5.48 Å². The molecule has 0 aromatic carbocycles. The van der Waals surface area contributed by atoms with Crippen molar-refractivity contribution in [1.29, 1.82) is 0 Å². The first kappa shape index (κ1) is 35.9. The van der Waals surface area contributed by atoms with Gasteiger partial charge in [-0.2, -0.15) is 0 Å². The zero-order valence-electron chi connectivity index (χ0n) is 1.82. The minimum atomic E-state index is 0. The molecule has 0 fully saturated rings. The van der Waals surface area contributed by atoms with E-state index in [1.54, 1.807) is 0 Å². The molecule has 0 aromatic rings. The molecule has 0 amide bonds. The zero-order chi connectivity index (χ0) is 0. The predicted octanol–water partition coefficient (Wildman–Crippen LogP) is -1.21.